The molecule has 44 heavy (non-hydrogen) atoms. The second-order valence-electron chi connectivity index (χ2n) is 10.8. The van der Waals surface area contributed by atoms with Crippen LogP contribution in [-0.4, -0.2) is 82.0 Å². The van der Waals surface area contributed by atoms with E-state index in [2.05, 4.69) is 39.0 Å². The van der Waals surface area contributed by atoms with Gasteiger partial charge in [0.1, 0.15) is 22.9 Å². The van der Waals surface area contributed by atoms with Gasteiger partial charge in [0, 0.05) is 50.0 Å². The zero-order valence-electron chi connectivity index (χ0n) is 25.5. The third kappa shape index (κ3) is 7.24. The van der Waals surface area contributed by atoms with E-state index < -0.39 is 0 Å². The number of aromatic nitrogens is 3. The number of ether oxygens (including phenoxy) is 2. The lowest BCUT2D eigenvalue weighted by Gasteiger charge is -2.40. The molecular weight excluding hydrogens is 574 g/mol. The monoisotopic (exact) mass is 613 g/mol. The molecule has 230 valence electrons. The first-order valence-corrected chi connectivity index (χ1v) is 15.9. The number of piperazine rings is 1. The van der Waals surface area contributed by atoms with Crippen LogP contribution in [0.5, 0.6) is 11.5 Å². The van der Waals surface area contributed by atoms with Crippen molar-refractivity contribution in [3.63, 3.8) is 0 Å². The molecule has 10 heteroatoms. The molecule has 1 aliphatic heterocycles. The Labute approximate surface area is 263 Å². The molecular formula is C34H39N5O4S. The Morgan fingerprint density at radius 2 is 1.55 bits per heavy atom. The third-order valence-corrected chi connectivity index (χ3v) is 8.83. The molecule has 1 unspecified atom stereocenters. The number of unbranched alkanes of at least 4 members (excludes halogenated alkanes) is 1. The van der Waals surface area contributed by atoms with Crippen LogP contribution in [0.3, 0.4) is 0 Å². The van der Waals surface area contributed by atoms with E-state index in [1.54, 1.807) is 49.1 Å². The van der Waals surface area contributed by atoms with E-state index in [9.17, 15) is 9.59 Å². The largest absolute Gasteiger partial charge is 0.496 e. The van der Waals surface area contributed by atoms with Crippen molar-refractivity contribution in [3.05, 3.63) is 95.8 Å². The summed E-state index contributed by atoms with van der Waals surface area (Å²) in [6.45, 7) is 3.45. The van der Waals surface area contributed by atoms with E-state index in [0.29, 0.717) is 49.5 Å². The average molecular weight is 614 g/mol. The number of methoxy groups -OCH3 is 2. The Balaban J connectivity index is 1.12. The highest BCUT2D eigenvalue weighted by Crippen LogP contribution is 2.31. The van der Waals surface area contributed by atoms with Crippen LogP contribution in [-0.2, 0) is 11.2 Å². The minimum absolute atomic E-state index is 0.125. The van der Waals surface area contributed by atoms with Gasteiger partial charge in [-0.1, -0.05) is 66.4 Å². The van der Waals surface area contributed by atoms with Gasteiger partial charge in [0.2, 0.25) is 5.91 Å². The zero-order valence-corrected chi connectivity index (χ0v) is 26.3. The highest BCUT2D eigenvalue weighted by molar-refractivity contribution is 7.99. The Morgan fingerprint density at radius 1 is 0.864 bits per heavy atom. The summed E-state index contributed by atoms with van der Waals surface area (Å²) in [6.07, 6.45) is 2.84. The minimum Gasteiger partial charge on any atom is -0.496 e. The van der Waals surface area contributed by atoms with Gasteiger partial charge < -0.3 is 19.3 Å². The molecule has 2 amide bonds. The highest BCUT2D eigenvalue weighted by Gasteiger charge is 2.32. The summed E-state index contributed by atoms with van der Waals surface area (Å²) in [4.78, 5) is 30.2. The molecule has 4 aromatic rings. The van der Waals surface area contributed by atoms with Gasteiger partial charge in [0.25, 0.3) is 5.91 Å². The van der Waals surface area contributed by atoms with E-state index in [-0.39, 0.29) is 17.9 Å². The maximum absolute atomic E-state index is 13.5. The SMILES string of the molecule is COc1cccc(OC)c1C(=O)N1CCN(C(=O)CCCCSc2nnc(Cc3ccccc3)n2-c2ccccc2)CC1C. The molecule has 3 aromatic carbocycles. The fraction of sp³-hybridized carbons (Fsp3) is 0.353. The van der Waals surface area contributed by atoms with E-state index in [0.717, 1.165) is 35.3 Å². The number of para-hydroxylation sites is 1. The topological polar surface area (TPSA) is 89.8 Å². The van der Waals surface area contributed by atoms with E-state index in [1.807, 2.05) is 48.2 Å². The summed E-state index contributed by atoms with van der Waals surface area (Å²) >= 11 is 1.67. The van der Waals surface area contributed by atoms with Crippen molar-refractivity contribution in [2.45, 2.75) is 43.8 Å². The fourth-order valence-electron chi connectivity index (χ4n) is 5.51. The second kappa shape index (κ2) is 14.9. The number of amides is 2. The molecule has 1 aliphatic rings. The first-order valence-electron chi connectivity index (χ1n) is 15.0. The normalized spacial score (nSPS) is 14.8. The lowest BCUT2D eigenvalue weighted by Crippen LogP contribution is -2.55. The van der Waals surface area contributed by atoms with Crippen molar-refractivity contribution in [2.75, 3.05) is 39.6 Å². The number of nitrogens with zero attached hydrogens (tertiary/aromatic N) is 5. The third-order valence-electron chi connectivity index (χ3n) is 7.82. The quantitative estimate of drug-likeness (QED) is 0.154. The minimum atomic E-state index is -0.147. The number of hydrogen-bond donors (Lipinski definition) is 0. The number of rotatable bonds is 12. The molecule has 1 aromatic heterocycles. The maximum Gasteiger partial charge on any atom is 0.261 e. The predicted octanol–water partition coefficient (Wildman–Crippen LogP) is 5.51. The van der Waals surface area contributed by atoms with E-state index >= 15 is 0 Å². The van der Waals surface area contributed by atoms with Gasteiger partial charge in [0.15, 0.2) is 5.16 Å². The molecule has 1 saturated heterocycles. The van der Waals surface area contributed by atoms with Gasteiger partial charge in [-0.05, 0) is 49.6 Å². The zero-order chi connectivity index (χ0) is 30.9. The molecule has 2 heterocycles. The number of benzene rings is 3. The standard InChI is InChI=1S/C34H39N5O4S/c1-25-24-37(20-21-38(25)33(41)32-28(42-2)17-12-18-29(32)43-3)31(40)19-10-11-22-44-34-36-35-30(23-26-13-6-4-7-14-26)39(34)27-15-8-5-9-16-27/h4-9,12-18,25H,10-11,19-24H2,1-3H3. The van der Waals surface area contributed by atoms with Crippen molar-refractivity contribution in [1.82, 2.24) is 24.6 Å². The van der Waals surface area contributed by atoms with Crippen molar-refractivity contribution < 1.29 is 19.1 Å². The highest BCUT2D eigenvalue weighted by atomic mass is 32.2. The van der Waals surface area contributed by atoms with Crippen LogP contribution in [0.15, 0.2) is 84.0 Å². The van der Waals surface area contributed by atoms with Crippen molar-refractivity contribution in [3.8, 4) is 17.2 Å². The Hall–Kier alpha value is -4.31. The van der Waals surface area contributed by atoms with Crippen molar-refractivity contribution in [1.29, 1.82) is 0 Å². The molecule has 1 atom stereocenters. The van der Waals surface area contributed by atoms with Crippen LogP contribution in [0.4, 0.5) is 0 Å². The van der Waals surface area contributed by atoms with Crippen LogP contribution < -0.4 is 9.47 Å². The van der Waals surface area contributed by atoms with Gasteiger partial charge in [-0.25, -0.2) is 0 Å². The maximum atomic E-state index is 13.5. The molecule has 0 bridgehead atoms. The van der Waals surface area contributed by atoms with Gasteiger partial charge >= 0.3 is 0 Å². The molecule has 0 radical (unpaired) electrons. The molecule has 0 aliphatic carbocycles. The van der Waals surface area contributed by atoms with Crippen molar-refractivity contribution >= 4 is 23.6 Å². The van der Waals surface area contributed by atoms with Gasteiger partial charge in [-0.15, -0.1) is 10.2 Å². The van der Waals surface area contributed by atoms with Crippen LogP contribution in [0.25, 0.3) is 5.69 Å². The lowest BCUT2D eigenvalue weighted by molar-refractivity contribution is -0.133. The number of hydrogen-bond acceptors (Lipinski definition) is 7. The van der Waals surface area contributed by atoms with Crippen LogP contribution >= 0.6 is 11.8 Å². The Bertz CT molecular complexity index is 1520. The fourth-order valence-corrected chi connectivity index (χ4v) is 6.48. The summed E-state index contributed by atoms with van der Waals surface area (Å²) < 4.78 is 13.0. The molecule has 0 saturated carbocycles. The first-order chi connectivity index (χ1) is 21.5. The predicted molar refractivity (Wildman–Crippen MR) is 172 cm³/mol. The number of carbonyl (C=O) groups is 2. The van der Waals surface area contributed by atoms with Crippen LogP contribution in [0.2, 0.25) is 0 Å². The van der Waals surface area contributed by atoms with Crippen molar-refractivity contribution in [2.24, 2.45) is 0 Å². The van der Waals surface area contributed by atoms with E-state index in [1.165, 1.54) is 5.56 Å². The Morgan fingerprint density at radius 3 is 2.20 bits per heavy atom. The summed E-state index contributed by atoms with van der Waals surface area (Å²) in [7, 11) is 3.09. The number of thioether (sulfide) groups is 1. The number of carbonyl (C=O) groups excluding carboxylic acids is 2. The molecule has 0 spiro atoms. The first kappa shape index (κ1) is 31.1. The molecule has 1 fully saturated rings. The van der Waals surface area contributed by atoms with Crippen LogP contribution in [0, 0.1) is 0 Å². The Kier molecular flexibility index (Phi) is 10.6. The van der Waals surface area contributed by atoms with Gasteiger partial charge in [0.05, 0.1) is 14.2 Å². The summed E-state index contributed by atoms with van der Waals surface area (Å²) in [6, 6.07) is 25.7. The molecule has 5 rings (SSSR count). The van der Waals surface area contributed by atoms with E-state index in [4.69, 9.17) is 9.47 Å². The second-order valence-corrected chi connectivity index (χ2v) is 11.8. The van der Waals surface area contributed by atoms with Gasteiger partial charge in [-0.2, -0.15) is 0 Å². The summed E-state index contributed by atoms with van der Waals surface area (Å²) in [5, 5.41) is 9.91. The smallest absolute Gasteiger partial charge is 0.261 e. The average Bonchev–Trinajstić information content (AvgIpc) is 3.46. The van der Waals surface area contributed by atoms with Gasteiger partial charge in [-0.3, -0.25) is 14.2 Å². The lowest BCUT2D eigenvalue weighted by atomic mass is 10.1. The molecule has 9 nitrogen and oxygen atoms in total. The summed E-state index contributed by atoms with van der Waals surface area (Å²) in [5.41, 5.74) is 2.64. The molecule has 0 N–H and O–H groups in total. The summed E-state index contributed by atoms with van der Waals surface area (Å²) in [5.74, 6) is 2.67. The van der Waals surface area contributed by atoms with Crippen LogP contribution in [0.1, 0.15) is 47.9 Å².